The molecule has 0 bridgehead atoms. The van der Waals surface area contributed by atoms with Crippen molar-refractivity contribution >= 4 is 0 Å². The standard InChI is InChI=1S/C14H18N4O/c1-2-4-12(5-3-1)14-16-13(19-17-14)6-9-18-10-7-15-8-11-18/h1-5,15H,6-11H2. The van der Waals surface area contributed by atoms with Crippen LogP contribution in [0.4, 0.5) is 0 Å². The van der Waals surface area contributed by atoms with Crippen LogP contribution in [0, 0.1) is 0 Å². The fourth-order valence-electron chi connectivity index (χ4n) is 2.25. The molecule has 0 aliphatic carbocycles. The van der Waals surface area contributed by atoms with Gasteiger partial charge in [-0.2, -0.15) is 4.98 Å². The van der Waals surface area contributed by atoms with Crippen molar-refractivity contribution in [3.63, 3.8) is 0 Å². The Morgan fingerprint density at radius 1 is 1.16 bits per heavy atom. The van der Waals surface area contributed by atoms with Gasteiger partial charge in [0.25, 0.3) is 0 Å². The number of nitrogens with one attached hydrogen (secondary N) is 1. The predicted molar refractivity (Wildman–Crippen MR) is 72.7 cm³/mol. The third kappa shape index (κ3) is 3.19. The van der Waals surface area contributed by atoms with Crippen LogP contribution >= 0.6 is 0 Å². The number of nitrogens with zero attached hydrogens (tertiary/aromatic N) is 3. The molecule has 1 saturated heterocycles. The van der Waals surface area contributed by atoms with Gasteiger partial charge in [0.05, 0.1) is 0 Å². The van der Waals surface area contributed by atoms with Gasteiger partial charge in [-0.25, -0.2) is 0 Å². The highest BCUT2D eigenvalue weighted by Gasteiger charge is 2.12. The Kier molecular flexibility index (Phi) is 3.86. The first-order valence-corrected chi connectivity index (χ1v) is 6.73. The molecule has 1 aliphatic rings. The molecule has 3 rings (SSSR count). The van der Waals surface area contributed by atoms with Crippen molar-refractivity contribution in [1.82, 2.24) is 20.4 Å². The van der Waals surface area contributed by atoms with Crippen LogP contribution in [0.1, 0.15) is 5.89 Å². The second-order valence-electron chi connectivity index (χ2n) is 4.72. The fourth-order valence-corrected chi connectivity index (χ4v) is 2.25. The summed E-state index contributed by atoms with van der Waals surface area (Å²) in [6, 6.07) is 9.92. The normalized spacial score (nSPS) is 16.6. The van der Waals surface area contributed by atoms with Crippen molar-refractivity contribution < 1.29 is 4.52 Å². The summed E-state index contributed by atoms with van der Waals surface area (Å²) >= 11 is 0. The van der Waals surface area contributed by atoms with Crippen molar-refractivity contribution in [3.05, 3.63) is 36.2 Å². The van der Waals surface area contributed by atoms with E-state index >= 15 is 0 Å². The van der Waals surface area contributed by atoms with E-state index in [-0.39, 0.29) is 0 Å². The average molecular weight is 258 g/mol. The van der Waals surface area contributed by atoms with Crippen LogP contribution in [0.3, 0.4) is 0 Å². The van der Waals surface area contributed by atoms with Gasteiger partial charge in [0.2, 0.25) is 11.7 Å². The summed E-state index contributed by atoms with van der Waals surface area (Å²) < 4.78 is 5.31. The summed E-state index contributed by atoms with van der Waals surface area (Å²) in [4.78, 5) is 6.86. The molecule has 2 aromatic rings. The third-order valence-electron chi connectivity index (χ3n) is 3.35. The van der Waals surface area contributed by atoms with Gasteiger partial charge in [-0.3, -0.25) is 0 Å². The molecule has 0 atom stereocenters. The van der Waals surface area contributed by atoms with Crippen LogP contribution in [-0.4, -0.2) is 47.8 Å². The molecule has 1 N–H and O–H groups in total. The van der Waals surface area contributed by atoms with E-state index in [0.29, 0.717) is 5.82 Å². The Morgan fingerprint density at radius 2 is 1.95 bits per heavy atom. The molecule has 5 nitrogen and oxygen atoms in total. The Morgan fingerprint density at radius 3 is 2.74 bits per heavy atom. The second-order valence-corrected chi connectivity index (χ2v) is 4.72. The van der Waals surface area contributed by atoms with E-state index in [0.717, 1.165) is 50.6 Å². The third-order valence-corrected chi connectivity index (χ3v) is 3.35. The van der Waals surface area contributed by atoms with Crippen LogP contribution in [0.2, 0.25) is 0 Å². The topological polar surface area (TPSA) is 54.2 Å². The van der Waals surface area contributed by atoms with Crippen LogP contribution in [0.15, 0.2) is 34.9 Å². The molecule has 5 heteroatoms. The molecular weight excluding hydrogens is 240 g/mol. The Labute approximate surface area is 112 Å². The van der Waals surface area contributed by atoms with Crippen LogP contribution < -0.4 is 5.32 Å². The summed E-state index contributed by atoms with van der Waals surface area (Å²) in [7, 11) is 0. The maximum atomic E-state index is 5.31. The Bertz CT molecular complexity index is 505. The van der Waals surface area contributed by atoms with E-state index in [9.17, 15) is 0 Å². The zero-order chi connectivity index (χ0) is 12.9. The molecule has 19 heavy (non-hydrogen) atoms. The van der Waals surface area contributed by atoms with Gasteiger partial charge in [0.1, 0.15) is 0 Å². The zero-order valence-electron chi connectivity index (χ0n) is 10.9. The van der Waals surface area contributed by atoms with E-state index in [1.807, 2.05) is 30.3 Å². The van der Waals surface area contributed by atoms with Crippen molar-refractivity contribution in [3.8, 4) is 11.4 Å². The van der Waals surface area contributed by atoms with E-state index in [2.05, 4.69) is 20.4 Å². The quantitative estimate of drug-likeness (QED) is 0.892. The lowest BCUT2D eigenvalue weighted by Gasteiger charge is -2.26. The first-order valence-electron chi connectivity index (χ1n) is 6.73. The lowest BCUT2D eigenvalue weighted by Crippen LogP contribution is -2.44. The maximum Gasteiger partial charge on any atom is 0.228 e. The smallest absolute Gasteiger partial charge is 0.228 e. The Balaban J connectivity index is 1.59. The highest BCUT2D eigenvalue weighted by molar-refractivity contribution is 5.53. The van der Waals surface area contributed by atoms with Crippen LogP contribution in [-0.2, 0) is 6.42 Å². The molecule has 2 heterocycles. The van der Waals surface area contributed by atoms with Gasteiger partial charge in [0, 0.05) is 44.7 Å². The van der Waals surface area contributed by atoms with Crippen molar-refractivity contribution in [2.45, 2.75) is 6.42 Å². The molecule has 1 aromatic carbocycles. The zero-order valence-corrected chi connectivity index (χ0v) is 10.9. The average Bonchev–Trinajstić information content (AvgIpc) is 2.96. The summed E-state index contributed by atoms with van der Waals surface area (Å²) in [5.74, 6) is 1.40. The van der Waals surface area contributed by atoms with Gasteiger partial charge in [-0.05, 0) is 0 Å². The van der Waals surface area contributed by atoms with Gasteiger partial charge in [0.15, 0.2) is 0 Å². The van der Waals surface area contributed by atoms with Crippen molar-refractivity contribution in [2.75, 3.05) is 32.7 Å². The first-order chi connectivity index (χ1) is 9.42. The van der Waals surface area contributed by atoms with Crippen LogP contribution in [0.25, 0.3) is 11.4 Å². The van der Waals surface area contributed by atoms with Crippen molar-refractivity contribution in [2.24, 2.45) is 0 Å². The summed E-state index contributed by atoms with van der Waals surface area (Å²) in [6.45, 7) is 5.32. The molecule has 0 spiro atoms. The monoisotopic (exact) mass is 258 g/mol. The molecule has 0 unspecified atom stereocenters. The highest BCUT2D eigenvalue weighted by Crippen LogP contribution is 2.14. The molecule has 0 saturated carbocycles. The molecule has 0 amide bonds. The molecule has 0 radical (unpaired) electrons. The van der Waals surface area contributed by atoms with E-state index in [1.165, 1.54) is 0 Å². The lowest BCUT2D eigenvalue weighted by atomic mass is 10.2. The minimum absolute atomic E-state index is 0.677. The summed E-state index contributed by atoms with van der Waals surface area (Å²) in [6.07, 6.45) is 0.819. The van der Waals surface area contributed by atoms with Gasteiger partial charge >= 0.3 is 0 Å². The molecular formula is C14H18N4O. The SMILES string of the molecule is c1ccc(-c2noc(CCN3CCNCC3)n2)cc1. The van der Waals surface area contributed by atoms with Crippen molar-refractivity contribution in [1.29, 1.82) is 0 Å². The number of hydrogen-bond donors (Lipinski definition) is 1. The predicted octanol–water partition coefficient (Wildman–Crippen LogP) is 1.18. The lowest BCUT2D eigenvalue weighted by molar-refractivity contribution is 0.234. The molecule has 1 fully saturated rings. The first kappa shape index (κ1) is 12.3. The van der Waals surface area contributed by atoms with Gasteiger partial charge in [-0.15, -0.1) is 0 Å². The van der Waals surface area contributed by atoms with E-state index in [4.69, 9.17) is 4.52 Å². The van der Waals surface area contributed by atoms with Crippen LogP contribution in [0.5, 0.6) is 0 Å². The number of rotatable bonds is 4. The second kappa shape index (κ2) is 5.95. The molecule has 100 valence electrons. The van der Waals surface area contributed by atoms with Gasteiger partial charge in [-0.1, -0.05) is 35.5 Å². The largest absolute Gasteiger partial charge is 0.339 e. The number of piperazine rings is 1. The minimum atomic E-state index is 0.677. The summed E-state index contributed by atoms with van der Waals surface area (Å²) in [5.41, 5.74) is 1.000. The molecule has 1 aromatic heterocycles. The number of aromatic nitrogens is 2. The Hall–Kier alpha value is -1.72. The van der Waals surface area contributed by atoms with E-state index in [1.54, 1.807) is 0 Å². The molecule has 1 aliphatic heterocycles. The van der Waals surface area contributed by atoms with E-state index < -0.39 is 0 Å². The number of hydrogen-bond acceptors (Lipinski definition) is 5. The van der Waals surface area contributed by atoms with Gasteiger partial charge < -0.3 is 14.7 Å². The summed E-state index contributed by atoms with van der Waals surface area (Å²) in [5, 5.41) is 7.38. The maximum absolute atomic E-state index is 5.31. The minimum Gasteiger partial charge on any atom is -0.339 e. The fraction of sp³-hybridized carbons (Fsp3) is 0.429. The highest BCUT2D eigenvalue weighted by atomic mass is 16.5. The number of benzene rings is 1.